The van der Waals surface area contributed by atoms with Crippen molar-refractivity contribution in [1.82, 2.24) is 10.4 Å². The average Bonchev–Trinajstić information content (AvgIpc) is 2.87. The van der Waals surface area contributed by atoms with Crippen molar-refractivity contribution in [2.75, 3.05) is 13.1 Å². The molecule has 0 bridgehead atoms. The molecule has 1 fully saturated rings. The fourth-order valence-corrected chi connectivity index (χ4v) is 2.45. The summed E-state index contributed by atoms with van der Waals surface area (Å²) in [7, 11) is 0. The van der Waals surface area contributed by atoms with E-state index in [0.717, 1.165) is 6.42 Å². The predicted molar refractivity (Wildman–Crippen MR) is 75.8 cm³/mol. The minimum atomic E-state index is -0.905. The summed E-state index contributed by atoms with van der Waals surface area (Å²) >= 11 is 5.87. The van der Waals surface area contributed by atoms with Crippen molar-refractivity contribution in [3.63, 3.8) is 0 Å². The molecule has 1 saturated heterocycles. The number of rotatable bonds is 3. The summed E-state index contributed by atoms with van der Waals surface area (Å²) in [5.41, 5.74) is 2.72. The van der Waals surface area contributed by atoms with Crippen molar-refractivity contribution in [2.45, 2.75) is 12.8 Å². The molecular weight excluding hydrogens is 282 g/mol. The molecule has 6 nitrogen and oxygen atoms in total. The second kappa shape index (κ2) is 6.58. The number of carbonyl (C=O) groups is 1. The fraction of sp³-hybridized carbons (Fsp3) is 0.385. The van der Waals surface area contributed by atoms with Crippen molar-refractivity contribution < 1.29 is 15.1 Å². The van der Waals surface area contributed by atoms with Crippen LogP contribution in [0.1, 0.15) is 12.8 Å². The molecule has 20 heavy (non-hydrogen) atoms. The largest absolute Gasteiger partial charge is 0.465 e. The molecule has 108 valence electrons. The number of amides is 1. The number of halogens is 1. The highest BCUT2D eigenvalue weighted by molar-refractivity contribution is 6.30. The molecule has 0 aromatic heterocycles. The minimum absolute atomic E-state index is 0.156. The summed E-state index contributed by atoms with van der Waals surface area (Å²) in [4.78, 5) is 16.5. The molecule has 1 atom stereocenters. The highest BCUT2D eigenvalue weighted by Gasteiger charge is 2.26. The summed E-state index contributed by atoms with van der Waals surface area (Å²) in [5.74, 6) is 0.563. The maximum absolute atomic E-state index is 10.8. The summed E-state index contributed by atoms with van der Waals surface area (Å²) in [6.45, 7) is 0.988. The van der Waals surface area contributed by atoms with Crippen LogP contribution >= 0.6 is 11.6 Å². The predicted octanol–water partition coefficient (Wildman–Crippen LogP) is 2.74. The van der Waals surface area contributed by atoms with Gasteiger partial charge in [-0.3, -0.25) is 10.7 Å². The number of nitrogens with one attached hydrogen (secondary N) is 1. The molecule has 1 unspecified atom stereocenters. The van der Waals surface area contributed by atoms with E-state index in [0.29, 0.717) is 36.1 Å². The van der Waals surface area contributed by atoms with Crippen LogP contribution in [0.4, 0.5) is 10.5 Å². The second-order valence-electron chi connectivity index (χ2n) is 4.74. The number of amidine groups is 1. The van der Waals surface area contributed by atoms with Gasteiger partial charge in [-0.05, 0) is 30.5 Å². The number of likely N-dealkylation sites (tertiary alicyclic amines) is 1. The van der Waals surface area contributed by atoms with Crippen LogP contribution < -0.4 is 5.48 Å². The molecular formula is C13H16ClN3O3. The minimum Gasteiger partial charge on any atom is -0.465 e. The zero-order valence-electron chi connectivity index (χ0n) is 10.8. The molecule has 1 aliphatic heterocycles. The van der Waals surface area contributed by atoms with Crippen LogP contribution in [-0.4, -0.2) is 40.2 Å². The van der Waals surface area contributed by atoms with Crippen LogP contribution in [0.15, 0.2) is 29.3 Å². The van der Waals surface area contributed by atoms with Gasteiger partial charge in [-0.15, -0.1) is 0 Å². The highest BCUT2D eigenvalue weighted by atomic mass is 35.5. The van der Waals surface area contributed by atoms with Crippen LogP contribution in [0, 0.1) is 5.92 Å². The Morgan fingerprint density at radius 1 is 1.55 bits per heavy atom. The van der Waals surface area contributed by atoms with Crippen molar-refractivity contribution in [1.29, 1.82) is 0 Å². The van der Waals surface area contributed by atoms with Crippen LogP contribution in [0.25, 0.3) is 0 Å². The smallest absolute Gasteiger partial charge is 0.407 e. The third kappa shape index (κ3) is 3.85. The van der Waals surface area contributed by atoms with E-state index in [1.807, 2.05) is 0 Å². The van der Waals surface area contributed by atoms with Crippen LogP contribution in [0.5, 0.6) is 0 Å². The maximum atomic E-state index is 10.8. The number of hydrogen-bond acceptors (Lipinski definition) is 3. The lowest BCUT2D eigenvalue weighted by Gasteiger charge is -2.13. The van der Waals surface area contributed by atoms with Crippen molar-refractivity contribution in [3.8, 4) is 0 Å². The Morgan fingerprint density at radius 3 is 2.95 bits per heavy atom. The van der Waals surface area contributed by atoms with Gasteiger partial charge in [-0.2, -0.15) is 0 Å². The Kier molecular flexibility index (Phi) is 4.81. The molecule has 1 aliphatic rings. The number of benzene rings is 1. The number of carboxylic acid groups (broad SMARTS) is 1. The molecule has 1 aromatic rings. The van der Waals surface area contributed by atoms with Crippen LogP contribution in [0.3, 0.4) is 0 Å². The number of aliphatic imine (C=N–C) groups is 1. The molecule has 1 aromatic carbocycles. The van der Waals surface area contributed by atoms with Gasteiger partial charge in [0.15, 0.2) is 0 Å². The van der Waals surface area contributed by atoms with Crippen molar-refractivity contribution in [2.24, 2.45) is 10.9 Å². The molecule has 0 radical (unpaired) electrons. The van der Waals surface area contributed by atoms with Gasteiger partial charge < -0.3 is 10.0 Å². The molecule has 0 aliphatic carbocycles. The number of hydrogen-bond donors (Lipinski definition) is 3. The molecule has 1 heterocycles. The average molecular weight is 298 g/mol. The molecule has 1 amide bonds. The van der Waals surface area contributed by atoms with Gasteiger partial charge in [0, 0.05) is 24.5 Å². The lowest BCUT2D eigenvalue weighted by atomic mass is 10.0. The standard InChI is InChI=1S/C13H16ClN3O3/c14-10-2-1-3-11(7-10)15-12(16-20)6-9-4-5-17(8-9)13(18)19/h1-3,7,9,20H,4-6,8H2,(H,15,16)(H,18,19). The number of nitrogens with zero attached hydrogens (tertiary/aromatic N) is 2. The van der Waals surface area contributed by atoms with Crippen LogP contribution in [0.2, 0.25) is 5.02 Å². The van der Waals surface area contributed by atoms with Gasteiger partial charge in [0.1, 0.15) is 5.84 Å². The van der Waals surface area contributed by atoms with E-state index in [4.69, 9.17) is 21.9 Å². The molecule has 3 N–H and O–H groups in total. The SMILES string of the molecule is O=C(O)N1CCC(CC(=Nc2cccc(Cl)c2)NO)C1. The van der Waals surface area contributed by atoms with Gasteiger partial charge in [-0.25, -0.2) is 9.79 Å². The Bertz CT molecular complexity index is 521. The summed E-state index contributed by atoms with van der Waals surface area (Å²) in [6.07, 6.45) is 0.354. The molecule has 2 rings (SSSR count). The van der Waals surface area contributed by atoms with Crippen molar-refractivity contribution >= 4 is 29.2 Å². The summed E-state index contributed by atoms with van der Waals surface area (Å²) in [6, 6.07) is 6.99. The van der Waals surface area contributed by atoms with Crippen LogP contribution in [-0.2, 0) is 0 Å². The molecule has 0 saturated carbocycles. The first kappa shape index (κ1) is 14.6. The Balaban J connectivity index is 2.01. The Morgan fingerprint density at radius 2 is 2.35 bits per heavy atom. The van der Waals surface area contributed by atoms with Gasteiger partial charge >= 0.3 is 6.09 Å². The van der Waals surface area contributed by atoms with Gasteiger partial charge in [-0.1, -0.05) is 17.7 Å². The normalized spacial score (nSPS) is 19.2. The van der Waals surface area contributed by atoms with Gasteiger partial charge in [0.2, 0.25) is 0 Å². The van der Waals surface area contributed by atoms with E-state index in [1.165, 1.54) is 4.90 Å². The summed E-state index contributed by atoms with van der Waals surface area (Å²) < 4.78 is 0. The second-order valence-corrected chi connectivity index (χ2v) is 5.17. The van der Waals surface area contributed by atoms with E-state index in [9.17, 15) is 4.79 Å². The zero-order valence-corrected chi connectivity index (χ0v) is 11.5. The first-order valence-electron chi connectivity index (χ1n) is 6.29. The third-order valence-corrected chi connectivity index (χ3v) is 3.47. The quantitative estimate of drug-likeness (QED) is 0.455. The zero-order chi connectivity index (χ0) is 14.5. The third-order valence-electron chi connectivity index (χ3n) is 3.24. The highest BCUT2D eigenvalue weighted by Crippen LogP contribution is 2.22. The molecule has 7 heteroatoms. The van der Waals surface area contributed by atoms with Crippen molar-refractivity contribution in [3.05, 3.63) is 29.3 Å². The Labute approximate surface area is 121 Å². The van der Waals surface area contributed by atoms with E-state index >= 15 is 0 Å². The lowest BCUT2D eigenvalue weighted by Crippen LogP contribution is -2.28. The first-order chi connectivity index (χ1) is 9.58. The Hall–Kier alpha value is -1.79. The maximum Gasteiger partial charge on any atom is 0.407 e. The number of hydroxylamine groups is 1. The topological polar surface area (TPSA) is 85.2 Å². The first-order valence-corrected chi connectivity index (χ1v) is 6.67. The van der Waals surface area contributed by atoms with E-state index in [-0.39, 0.29) is 5.92 Å². The monoisotopic (exact) mass is 297 g/mol. The summed E-state index contributed by atoms with van der Waals surface area (Å²) in [5, 5.41) is 18.6. The van der Waals surface area contributed by atoms with E-state index in [2.05, 4.69) is 10.5 Å². The van der Waals surface area contributed by atoms with E-state index < -0.39 is 6.09 Å². The van der Waals surface area contributed by atoms with Gasteiger partial charge in [0.05, 0.1) is 5.69 Å². The van der Waals surface area contributed by atoms with Gasteiger partial charge in [0.25, 0.3) is 0 Å². The van der Waals surface area contributed by atoms with E-state index in [1.54, 1.807) is 24.3 Å². The molecule has 0 spiro atoms. The lowest BCUT2D eigenvalue weighted by molar-refractivity contribution is 0.154. The fourth-order valence-electron chi connectivity index (χ4n) is 2.26.